The van der Waals surface area contributed by atoms with Crippen LogP contribution in [-0.4, -0.2) is 39.4 Å². The molecule has 31 heavy (non-hydrogen) atoms. The van der Waals surface area contributed by atoms with E-state index in [4.69, 9.17) is 4.42 Å². The highest BCUT2D eigenvalue weighted by Gasteiger charge is 2.21. The fourth-order valence-corrected chi connectivity index (χ4v) is 4.82. The number of anilines is 1. The summed E-state index contributed by atoms with van der Waals surface area (Å²) >= 11 is 1.38. The summed E-state index contributed by atoms with van der Waals surface area (Å²) in [4.78, 5) is 43.9. The van der Waals surface area contributed by atoms with Crippen molar-refractivity contribution in [2.24, 2.45) is 0 Å². The van der Waals surface area contributed by atoms with Gasteiger partial charge in [-0.2, -0.15) is 0 Å². The van der Waals surface area contributed by atoms with Crippen LogP contribution in [0.3, 0.4) is 0 Å². The summed E-state index contributed by atoms with van der Waals surface area (Å²) < 4.78 is 7.48. The summed E-state index contributed by atoms with van der Waals surface area (Å²) in [5.41, 5.74) is 3.16. The Hall–Kier alpha value is -3.46. The Labute approximate surface area is 181 Å². The molecule has 2 amide bonds. The number of nitrogens with zero attached hydrogens (tertiary/aromatic N) is 3. The van der Waals surface area contributed by atoms with Crippen molar-refractivity contribution in [3.63, 3.8) is 0 Å². The van der Waals surface area contributed by atoms with Crippen LogP contribution >= 0.6 is 11.3 Å². The van der Waals surface area contributed by atoms with E-state index in [1.165, 1.54) is 15.9 Å². The van der Waals surface area contributed by atoms with Gasteiger partial charge in [0.25, 0.3) is 5.91 Å². The van der Waals surface area contributed by atoms with Crippen LogP contribution < -0.4 is 11.1 Å². The Bertz CT molecular complexity index is 1380. The van der Waals surface area contributed by atoms with Crippen LogP contribution in [0, 0.1) is 6.92 Å². The van der Waals surface area contributed by atoms with Crippen LogP contribution in [0.2, 0.25) is 0 Å². The van der Waals surface area contributed by atoms with E-state index in [0.29, 0.717) is 21.8 Å². The molecule has 1 fully saturated rings. The molecule has 0 unspecified atom stereocenters. The third-order valence-electron chi connectivity index (χ3n) is 5.40. The number of carbonyl (C=O) groups excluding carboxylic acids is 2. The predicted octanol–water partition coefficient (Wildman–Crippen LogP) is 3.39. The minimum absolute atomic E-state index is 0.0752. The number of rotatable bonds is 4. The lowest BCUT2D eigenvalue weighted by Gasteiger charge is -2.15. The molecule has 0 atom stereocenters. The smallest absolute Gasteiger partial charge is 0.408 e. The topological polar surface area (TPSA) is 97.4 Å². The van der Waals surface area contributed by atoms with Crippen LogP contribution in [0.15, 0.2) is 45.6 Å². The molecule has 4 aromatic rings. The number of nitrogens with one attached hydrogen (secondary N) is 1. The quantitative estimate of drug-likeness (QED) is 0.529. The van der Waals surface area contributed by atoms with E-state index >= 15 is 0 Å². The van der Waals surface area contributed by atoms with Gasteiger partial charge >= 0.3 is 5.76 Å². The van der Waals surface area contributed by atoms with Crippen LogP contribution in [0.5, 0.6) is 0 Å². The van der Waals surface area contributed by atoms with Gasteiger partial charge in [0.05, 0.1) is 15.7 Å². The van der Waals surface area contributed by atoms with Crippen LogP contribution in [-0.2, 0) is 11.3 Å². The predicted molar refractivity (Wildman–Crippen MR) is 119 cm³/mol. The van der Waals surface area contributed by atoms with Gasteiger partial charge in [-0.15, -0.1) is 0 Å². The van der Waals surface area contributed by atoms with Crippen molar-refractivity contribution in [2.45, 2.75) is 26.3 Å². The Kier molecular flexibility index (Phi) is 4.82. The van der Waals surface area contributed by atoms with Crippen molar-refractivity contribution in [3.8, 4) is 0 Å². The van der Waals surface area contributed by atoms with E-state index in [9.17, 15) is 14.4 Å². The molecule has 158 valence electrons. The van der Waals surface area contributed by atoms with Crippen LogP contribution in [0.4, 0.5) is 5.13 Å². The third-order valence-corrected chi connectivity index (χ3v) is 6.33. The van der Waals surface area contributed by atoms with Gasteiger partial charge in [0.1, 0.15) is 6.54 Å². The first-order chi connectivity index (χ1) is 15.0. The van der Waals surface area contributed by atoms with Crippen molar-refractivity contribution in [2.75, 3.05) is 18.4 Å². The Morgan fingerprint density at radius 3 is 2.77 bits per heavy atom. The molecule has 8 nitrogen and oxygen atoms in total. The van der Waals surface area contributed by atoms with E-state index in [1.54, 1.807) is 23.1 Å². The van der Waals surface area contributed by atoms with Gasteiger partial charge in [0.2, 0.25) is 5.91 Å². The number of fused-ring (bicyclic) bond motifs is 2. The Balaban J connectivity index is 1.40. The molecule has 2 aromatic carbocycles. The van der Waals surface area contributed by atoms with Crippen LogP contribution in [0.25, 0.3) is 21.3 Å². The Morgan fingerprint density at radius 2 is 1.97 bits per heavy atom. The molecule has 1 aliphatic rings. The molecule has 1 N–H and O–H groups in total. The lowest BCUT2D eigenvalue weighted by Crippen LogP contribution is -2.27. The van der Waals surface area contributed by atoms with Gasteiger partial charge in [-0.05, 0) is 55.7 Å². The van der Waals surface area contributed by atoms with Crippen molar-refractivity contribution in [1.29, 1.82) is 0 Å². The molecule has 0 bridgehead atoms. The summed E-state index contributed by atoms with van der Waals surface area (Å²) in [6, 6.07) is 10.8. The average Bonchev–Trinajstić information content (AvgIpc) is 3.46. The fraction of sp³-hybridized carbons (Fsp3) is 0.273. The fourth-order valence-electron chi connectivity index (χ4n) is 3.84. The number of aromatic nitrogens is 2. The maximum Gasteiger partial charge on any atom is 0.420 e. The van der Waals surface area contributed by atoms with E-state index in [1.807, 2.05) is 25.1 Å². The monoisotopic (exact) mass is 436 g/mol. The van der Waals surface area contributed by atoms with E-state index in [2.05, 4.69) is 10.3 Å². The number of hydrogen-bond donors (Lipinski definition) is 1. The maximum absolute atomic E-state index is 12.7. The van der Waals surface area contributed by atoms with E-state index in [-0.39, 0.29) is 12.5 Å². The molecule has 1 saturated heterocycles. The molecule has 0 spiro atoms. The molecule has 1 aliphatic heterocycles. The van der Waals surface area contributed by atoms with Crippen molar-refractivity contribution < 1.29 is 14.0 Å². The molecule has 5 rings (SSSR count). The highest BCUT2D eigenvalue weighted by Crippen LogP contribution is 2.26. The van der Waals surface area contributed by atoms with Gasteiger partial charge < -0.3 is 14.6 Å². The highest BCUT2D eigenvalue weighted by molar-refractivity contribution is 7.22. The number of likely N-dealkylation sites (tertiary alicyclic amines) is 1. The lowest BCUT2D eigenvalue weighted by atomic mass is 10.2. The standard InChI is InChI=1S/C22H20N4O4S/c1-13-4-6-15-18(10-13)31-21(23-15)24-19(27)12-26-16-11-14(5-7-17(16)30-22(26)29)20(28)25-8-2-3-9-25/h4-7,10-11H,2-3,8-9,12H2,1H3,(H,23,24,27). The molecule has 2 aromatic heterocycles. The van der Waals surface area contributed by atoms with E-state index in [0.717, 1.165) is 41.7 Å². The minimum Gasteiger partial charge on any atom is -0.408 e. The lowest BCUT2D eigenvalue weighted by molar-refractivity contribution is -0.116. The molecule has 9 heteroatoms. The number of thiazole rings is 1. The summed E-state index contributed by atoms with van der Waals surface area (Å²) in [5.74, 6) is -1.11. The van der Waals surface area contributed by atoms with Gasteiger partial charge in [-0.1, -0.05) is 17.4 Å². The molecular weight excluding hydrogens is 416 g/mol. The van der Waals surface area contributed by atoms with Gasteiger partial charge in [0, 0.05) is 18.7 Å². The number of benzene rings is 2. The summed E-state index contributed by atoms with van der Waals surface area (Å²) in [6.07, 6.45) is 1.99. The second kappa shape index (κ2) is 7.66. The van der Waals surface area contributed by atoms with Gasteiger partial charge in [-0.25, -0.2) is 9.78 Å². The zero-order chi connectivity index (χ0) is 21.5. The first kappa shape index (κ1) is 19.5. The number of hydrogen-bond acceptors (Lipinski definition) is 6. The summed E-state index contributed by atoms with van der Waals surface area (Å²) in [7, 11) is 0. The number of oxazole rings is 1. The zero-order valence-electron chi connectivity index (χ0n) is 16.9. The first-order valence-electron chi connectivity index (χ1n) is 10.1. The largest absolute Gasteiger partial charge is 0.420 e. The second-order valence-corrected chi connectivity index (χ2v) is 8.70. The summed E-state index contributed by atoms with van der Waals surface area (Å²) in [6.45, 7) is 3.23. The molecule has 3 heterocycles. The normalized spacial score (nSPS) is 13.9. The average molecular weight is 436 g/mol. The molecule has 0 aliphatic carbocycles. The Morgan fingerprint density at radius 1 is 1.16 bits per heavy atom. The zero-order valence-corrected chi connectivity index (χ0v) is 17.7. The van der Waals surface area contributed by atoms with E-state index < -0.39 is 11.7 Å². The van der Waals surface area contributed by atoms with Crippen LogP contribution in [0.1, 0.15) is 28.8 Å². The molecular formula is C22H20N4O4S. The van der Waals surface area contributed by atoms with Crippen molar-refractivity contribution in [1.82, 2.24) is 14.5 Å². The van der Waals surface area contributed by atoms with Gasteiger partial charge in [0.15, 0.2) is 10.7 Å². The number of carbonyl (C=O) groups is 2. The first-order valence-corrected chi connectivity index (χ1v) is 10.9. The highest BCUT2D eigenvalue weighted by atomic mass is 32.1. The van der Waals surface area contributed by atoms with Crippen molar-refractivity contribution >= 4 is 49.6 Å². The number of aryl methyl sites for hydroxylation is 1. The summed E-state index contributed by atoms with van der Waals surface area (Å²) in [5, 5.41) is 3.22. The molecule has 0 saturated carbocycles. The second-order valence-electron chi connectivity index (χ2n) is 7.67. The number of amides is 2. The minimum atomic E-state index is -0.643. The third kappa shape index (κ3) is 3.72. The van der Waals surface area contributed by atoms with Crippen molar-refractivity contribution in [3.05, 3.63) is 58.1 Å². The maximum atomic E-state index is 12.7. The SMILES string of the molecule is Cc1ccc2nc(NC(=O)Cn3c(=O)oc4ccc(C(=O)N5CCCC5)cc43)sc2c1. The molecule has 0 radical (unpaired) electrons. The van der Waals surface area contributed by atoms with Gasteiger partial charge in [-0.3, -0.25) is 14.2 Å².